The number of nitrogens with zero attached hydrogens (tertiary/aromatic N) is 1. The van der Waals surface area contributed by atoms with Gasteiger partial charge in [0.05, 0.1) is 5.71 Å². The van der Waals surface area contributed by atoms with E-state index in [0.29, 0.717) is 0 Å². The third-order valence-electron chi connectivity index (χ3n) is 2.90. The third kappa shape index (κ3) is 4.17. The zero-order valence-corrected chi connectivity index (χ0v) is 12.2. The molecule has 3 N–H and O–H groups in total. The highest BCUT2D eigenvalue weighted by molar-refractivity contribution is 7.80. The number of rotatable bonds is 4. The first kappa shape index (κ1) is 14.2. The molecule has 0 fully saturated rings. The van der Waals surface area contributed by atoms with Crippen molar-refractivity contribution < 1.29 is 0 Å². The van der Waals surface area contributed by atoms with Gasteiger partial charge in [-0.2, -0.15) is 5.10 Å². The maximum Gasteiger partial charge on any atom is 0.184 e. The molecule has 0 aliphatic carbocycles. The van der Waals surface area contributed by atoms with Gasteiger partial charge in [0, 0.05) is 6.42 Å². The molecule has 0 saturated heterocycles. The average Bonchev–Trinajstić information content (AvgIpc) is 2.45. The van der Waals surface area contributed by atoms with Crippen LogP contribution in [0.25, 0.3) is 0 Å². The highest BCUT2D eigenvalue weighted by atomic mass is 32.1. The van der Waals surface area contributed by atoms with Crippen molar-refractivity contribution in [1.29, 1.82) is 0 Å². The van der Waals surface area contributed by atoms with E-state index in [2.05, 4.69) is 53.8 Å². The summed E-state index contributed by atoms with van der Waals surface area (Å²) >= 11 is 4.81. The van der Waals surface area contributed by atoms with Crippen molar-refractivity contribution >= 4 is 23.0 Å². The van der Waals surface area contributed by atoms with Gasteiger partial charge in [-0.05, 0) is 30.3 Å². The van der Waals surface area contributed by atoms with Crippen molar-refractivity contribution in [1.82, 2.24) is 5.43 Å². The molecule has 0 bridgehead atoms. The van der Waals surface area contributed by atoms with Gasteiger partial charge < -0.3 is 5.73 Å². The Morgan fingerprint density at radius 3 is 2.35 bits per heavy atom. The molecule has 2 aromatic carbocycles. The second-order valence-corrected chi connectivity index (χ2v) is 5.00. The molecule has 20 heavy (non-hydrogen) atoms. The number of hydrogen-bond donors (Lipinski definition) is 2. The minimum Gasteiger partial charge on any atom is -0.375 e. The quantitative estimate of drug-likeness (QED) is 0.515. The highest BCUT2D eigenvalue weighted by Crippen LogP contribution is 2.10. The summed E-state index contributed by atoms with van der Waals surface area (Å²) in [5, 5.41) is 4.49. The molecule has 4 heteroatoms. The minimum absolute atomic E-state index is 0.169. The van der Waals surface area contributed by atoms with E-state index in [0.717, 1.165) is 17.7 Å². The number of hydrogen-bond acceptors (Lipinski definition) is 2. The molecule has 0 heterocycles. The average molecular weight is 283 g/mol. The molecular formula is C16H17N3S. The molecule has 0 saturated carbocycles. The second-order valence-electron chi connectivity index (χ2n) is 4.56. The molecule has 0 aliphatic heterocycles. The lowest BCUT2D eigenvalue weighted by atomic mass is 10.0. The van der Waals surface area contributed by atoms with Crippen LogP contribution in [0.15, 0.2) is 59.7 Å². The van der Waals surface area contributed by atoms with Crippen LogP contribution in [0.1, 0.15) is 16.7 Å². The van der Waals surface area contributed by atoms with Crippen LogP contribution in [-0.4, -0.2) is 10.8 Å². The summed E-state index contributed by atoms with van der Waals surface area (Å²) in [5.74, 6) is 0. The Morgan fingerprint density at radius 1 is 1.10 bits per heavy atom. The molecular weight excluding hydrogens is 266 g/mol. The summed E-state index contributed by atoms with van der Waals surface area (Å²) < 4.78 is 0. The Kier molecular flexibility index (Phi) is 4.85. The fraction of sp³-hybridized carbons (Fsp3) is 0.125. The van der Waals surface area contributed by atoms with Gasteiger partial charge in [-0.15, -0.1) is 0 Å². The monoisotopic (exact) mass is 283 g/mol. The lowest BCUT2D eigenvalue weighted by Gasteiger charge is -2.08. The van der Waals surface area contributed by atoms with Crippen LogP contribution in [0, 0.1) is 6.92 Å². The van der Waals surface area contributed by atoms with Crippen LogP contribution in [0.5, 0.6) is 0 Å². The highest BCUT2D eigenvalue weighted by Gasteiger charge is 2.05. The maximum absolute atomic E-state index is 5.45. The Hall–Kier alpha value is -2.20. The molecule has 2 rings (SSSR count). The van der Waals surface area contributed by atoms with Crippen molar-refractivity contribution in [2.45, 2.75) is 13.3 Å². The van der Waals surface area contributed by atoms with Gasteiger partial charge in [0.25, 0.3) is 0 Å². The van der Waals surface area contributed by atoms with Gasteiger partial charge in [-0.25, -0.2) is 0 Å². The molecule has 0 unspecified atom stereocenters. The predicted octanol–water partition coefficient (Wildman–Crippen LogP) is 2.78. The van der Waals surface area contributed by atoms with E-state index in [1.165, 1.54) is 11.1 Å². The fourth-order valence-electron chi connectivity index (χ4n) is 1.86. The molecule has 0 amide bonds. The van der Waals surface area contributed by atoms with Crippen LogP contribution in [-0.2, 0) is 6.42 Å². The summed E-state index contributed by atoms with van der Waals surface area (Å²) in [5.41, 5.74) is 12.5. The zero-order valence-electron chi connectivity index (χ0n) is 11.3. The number of nitrogens with two attached hydrogens (primary N) is 1. The van der Waals surface area contributed by atoms with E-state index in [1.54, 1.807) is 0 Å². The van der Waals surface area contributed by atoms with Crippen molar-refractivity contribution in [2.75, 3.05) is 0 Å². The van der Waals surface area contributed by atoms with Crippen LogP contribution in [0.3, 0.4) is 0 Å². The molecule has 0 aliphatic rings. The van der Waals surface area contributed by atoms with Gasteiger partial charge in [0.15, 0.2) is 5.11 Å². The van der Waals surface area contributed by atoms with E-state index in [9.17, 15) is 0 Å². The van der Waals surface area contributed by atoms with Gasteiger partial charge in [-0.1, -0.05) is 60.2 Å². The predicted molar refractivity (Wildman–Crippen MR) is 87.8 cm³/mol. The summed E-state index contributed by atoms with van der Waals surface area (Å²) in [7, 11) is 0. The third-order valence-corrected chi connectivity index (χ3v) is 2.99. The van der Waals surface area contributed by atoms with E-state index in [-0.39, 0.29) is 5.11 Å². The SMILES string of the molecule is Cc1ccc(/C(Cc2ccccc2)=N/NC(N)=S)cc1. The Bertz CT molecular complexity index is 603. The van der Waals surface area contributed by atoms with Crippen LogP contribution in [0.4, 0.5) is 0 Å². The first-order valence-corrected chi connectivity index (χ1v) is 6.79. The van der Waals surface area contributed by atoms with Gasteiger partial charge in [0.2, 0.25) is 0 Å². The number of benzene rings is 2. The lowest BCUT2D eigenvalue weighted by molar-refractivity contribution is 1.02. The van der Waals surface area contributed by atoms with Crippen LogP contribution in [0.2, 0.25) is 0 Å². The number of nitrogens with one attached hydrogen (secondary N) is 1. The normalized spacial score (nSPS) is 11.2. The number of thiocarbonyl (C=S) groups is 1. The van der Waals surface area contributed by atoms with Crippen molar-refractivity contribution in [3.63, 3.8) is 0 Å². The van der Waals surface area contributed by atoms with E-state index >= 15 is 0 Å². The second kappa shape index (κ2) is 6.82. The molecule has 3 nitrogen and oxygen atoms in total. The Balaban J connectivity index is 2.27. The standard InChI is InChI=1S/C16H17N3S/c1-12-7-9-14(10-8-12)15(18-19-16(17)20)11-13-5-3-2-4-6-13/h2-10H,11H2,1H3,(H3,17,19,20)/b18-15+. The maximum atomic E-state index is 5.45. The Labute approximate surface area is 124 Å². The molecule has 0 radical (unpaired) electrons. The van der Waals surface area contributed by atoms with E-state index in [1.807, 2.05) is 18.2 Å². The molecule has 2 aromatic rings. The van der Waals surface area contributed by atoms with Crippen LogP contribution >= 0.6 is 12.2 Å². The zero-order chi connectivity index (χ0) is 14.4. The lowest BCUT2D eigenvalue weighted by Crippen LogP contribution is -2.26. The molecule has 0 spiro atoms. The topological polar surface area (TPSA) is 50.4 Å². The smallest absolute Gasteiger partial charge is 0.184 e. The summed E-state index contributed by atoms with van der Waals surface area (Å²) in [6.45, 7) is 2.06. The van der Waals surface area contributed by atoms with E-state index in [4.69, 9.17) is 18.0 Å². The first-order valence-electron chi connectivity index (χ1n) is 6.38. The Morgan fingerprint density at radius 2 is 1.75 bits per heavy atom. The molecule has 0 aromatic heterocycles. The fourth-order valence-corrected chi connectivity index (χ4v) is 1.91. The van der Waals surface area contributed by atoms with Gasteiger partial charge in [-0.3, -0.25) is 5.43 Å². The molecule has 102 valence electrons. The molecule has 0 atom stereocenters. The summed E-state index contributed by atoms with van der Waals surface area (Å²) in [4.78, 5) is 0. The van der Waals surface area contributed by atoms with E-state index < -0.39 is 0 Å². The number of hydrazone groups is 1. The largest absolute Gasteiger partial charge is 0.375 e. The van der Waals surface area contributed by atoms with Crippen molar-refractivity contribution in [3.05, 3.63) is 71.3 Å². The van der Waals surface area contributed by atoms with Gasteiger partial charge in [0.1, 0.15) is 0 Å². The van der Waals surface area contributed by atoms with Crippen molar-refractivity contribution in [3.8, 4) is 0 Å². The summed E-state index contributed by atoms with van der Waals surface area (Å²) in [6, 6.07) is 18.4. The minimum atomic E-state index is 0.169. The summed E-state index contributed by atoms with van der Waals surface area (Å²) in [6.07, 6.45) is 0.722. The van der Waals surface area contributed by atoms with Gasteiger partial charge >= 0.3 is 0 Å². The number of aryl methyl sites for hydroxylation is 1. The van der Waals surface area contributed by atoms with Crippen LogP contribution < -0.4 is 11.2 Å². The first-order chi connectivity index (χ1) is 9.65. The van der Waals surface area contributed by atoms with Crippen molar-refractivity contribution in [2.24, 2.45) is 10.8 Å².